The molecule has 0 amide bonds. The van der Waals surface area contributed by atoms with Crippen molar-refractivity contribution in [3.05, 3.63) is 114 Å². The zero-order valence-corrected chi connectivity index (χ0v) is 22.6. The van der Waals surface area contributed by atoms with Gasteiger partial charge in [-0.05, 0) is 52.1 Å². The van der Waals surface area contributed by atoms with Crippen LogP contribution in [0.3, 0.4) is 0 Å². The molecular formula is C35H43NO. The van der Waals surface area contributed by atoms with Crippen LogP contribution in [0.2, 0.25) is 0 Å². The van der Waals surface area contributed by atoms with Gasteiger partial charge < -0.3 is 4.74 Å². The maximum Gasteiger partial charge on any atom is 0.119 e. The summed E-state index contributed by atoms with van der Waals surface area (Å²) < 4.78 is 6.08. The monoisotopic (exact) mass is 493 g/mol. The Hall–Kier alpha value is -3.10. The molecule has 4 rings (SSSR count). The molecule has 0 fully saturated rings. The Labute approximate surface area is 224 Å². The van der Waals surface area contributed by atoms with Crippen LogP contribution < -0.4 is 4.74 Å². The first kappa shape index (κ1) is 26.9. The largest absolute Gasteiger partial charge is 0.494 e. The van der Waals surface area contributed by atoms with Gasteiger partial charge in [0.1, 0.15) is 5.75 Å². The number of rotatable bonds is 16. The van der Waals surface area contributed by atoms with E-state index in [2.05, 4.69) is 109 Å². The highest BCUT2D eigenvalue weighted by Crippen LogP contribution is 2.24. The van der Waals surface area contributed by atoms with E-state index in [9.17, 15) is 0 Å². The van der Waals surface area contributed by atoms with Crippen LogP contribution in [-0.2, 0) is 19.6 Å². The summed E-state index contributed by atoms with van der Waals surface area (Å²) in [7, 11) is 0. The van der Waals surface area contributed by atoms with Crippen LogP contribution in [-0.4, -0.2) is 11.5 Å². The molecule has 0 spiro atoms. The fraction of sp³-hybridized carbons (Fsp3) is 0.371. The van der Waals surface area contributed by atoms with E-state index in [-0.39, 0.29) is 0 Å². The molecule has 2 nitrogen and oxygen atoms in total. The average Bonchev–Trinajstić information content (AvgIpc) is 2.93. The summed E-state index contributed by atoms with van der Waals surface area (Å²) in [4.78, 5) is 2.52. The topological polar surface area (TPSA) is 12.5 Å². The van der Waals surface area contributed by atoms with Crippen LogP contribution in [0.4, 0.5) is 0 Å². The van der Waals surface area contributed by atoms with E-state index in [0.717, 1.165) is 38.4 Å². The lowest BCUT2D eigenvalue weighted by Gasteiger charge is -2.23. The van der Waals surface area contributed by atoms with Gasteiger partial charge in [-0.1, -0.05) is 131 Å². The lowest BCUT2D eigenvalue weighted by Crippen LogP contribution is -2.22. The summed E-state index contributed by atoms with van der Waals surface area (Å²) >= 11 is 0. The van der Waals surface area contributed by atoms with Gasteiger partial charge in [0, 0.05) is 19.6 Å². The molecule has 0 aliphatic rings. The first-order chi connectivity index (χ1) is 18.3. The van der Waals surface area contributed by atoms with Crippen molar-refractivity contribution in [1.29, 1.82) is 0 Å². The van der Waals surface area contributed by atoms with Gasteiger partial charge in [-0.15, -0.1) is 0 Å². The molecule has 0 bridgehead atoms. The minimum atomic E-state index is 0.812. The maximum atomic E-state index is 6.08. The Kier molecular flexibility index (Phi) is 11.1. The van der Waals surface area contributed by atoms with Gasteiger partial charge in [0.2, 0.25) is 0 Å². The number of hydrogen-bond donors (Lipinski definition) is 0. The van der Waals surface area contributed by atoms with Crippen LogP contribution in [0, 0.1) is 0 Å². The fourth-order valence-corrected chi connectivity index (χ4v) is 5.00. The van der Waals surface area contributed by atoms with Crippen LogP contribution >= 0.6 is 0 Å². The Morgan fingerprint density at radius 2 is 1.05 bits per heavy atom. The van der Waals surface area contributed by atoms with Crippen LogP contribution in [0.25, 0.3) is 10.8 Å². The third kappa shape index (κ3) is 9.37. The Balaban J connectivity index is 1.31. The number of hydrogen-bond acceptors (Lipinski definition) is 2. The summed E-state index contributed by atoms with van der Waals surface area (Å²) in [6, 6.07) is 34.9. The maximum absolute atomic E-state index is 6.08. The predicted octanol–water partition coefficient (Wildman–Crippen LogP) is 9.56. The third-order valence-electron chi connectivity index (χ3n) is 7.05. The molecule has 0 heterocycles. The molecule has 0 atom stereocenters. The summed E-state index contributed by atoms with van der Waals surface area (Å²) in [5, 5.41) is 2.52. The minimum Gasteiger partial charge on any atom is -0.494 e. The molecule has 0 aromatic heterocycles. The summed E-state index contributed by atoms with van der Waals surface area (Å²) in [5.74, 6) is 0.984. The minimum absolute atomic E-state index is 0.812. The van der Waals surface area contributed by atoms with Crippen molar-refractivity contribution >= 4 is 10.8 Å². The molecule has 4 aromatic carbocycles. The lowest BCUT2D eigenvalue weighted by atomic mass is 10.1. The van der Waals surface area contributed by atoms with E-state index >= 15 is 0 Å². The van der Waals surface area contributed by atoms with Crippen molar-refractivity contribution in [1.82, 2.24) is 4.90 Å². The second-order valence-corrected chi connectivity index (χ2v) is 10.3. The van der Waals surface area contributed by atoms with Gasteiger partial charge in [0.25, 0.3) is 0 Å². The molecule has 0 saturated carbocycles. The lowest BCUT2D eigenvalue weighted by molar-refractivity contribution is 0.248. The van der Waals surface area contributed by atoms with E-state index in [1.807, 2.05) is 0 Å². The molecule has 194 valence electrons. The molecule has 0 aliphatic heterocycles. The molecule has 0 aliphatic carbocycles. The Bertz CT molecular complexity index is 1130. The smallest absolute Gasteiger partial charge is 0.119 e. The second-order valence-electron chi connectivity index (χ2n) is 10.3. The van der Waals surface area contributed by atoms with Gasteiger partial charge in [-0.3, -0.25) is 4.90 Å². The van der Waals surface area contributed by atoms with Gasteiger partial charge in [-0.25, -0.2) is 0 Å². The van der Waals surface area contributed by atoms with E-state index in [4.69, 9.17) is 4.74 Å². The van der Waals surface area contributed by atoms with Gasteiger partial charge in [0.05, 0.1) is 6.61 Å². The van der Waals surface area contributed by atoms with Crippen molar-refractivity contribution in [2.75, 3.05) is 6.61 Å². The van der Waals surface area contributed by atoms with E-state index in [1.165, 1.54) is 72.4 Å². The van der Waals surface area contributed by atoms with Crippen molar-refractivity contribution in [2.45, 2.75) is 77.9 Å². The number of unbranched alkanes of at least 4 members (excludes halogenated alkanes) is 7. The highest BCUT2D eigenvalue weighted by Gasteiger charge is 2.09. The highest BCUT2D eigenvalue weighted by atomic mass is 16.5. The number of ether oxygens (including phenoxy) is 1. The van der Waals surface area contributed by atoms with Crippen molar-refractivity contribution in [2.24, 2.45) is 0 Å². The zero-order chi connectivity index (χ0) is 25.5. The molecule has 0 radical (unpaired) electrons. The van der Waals surface area contributed by atoms with Crippen molar-refractivity contribution in [3.63, 3.8) is 0 Å². The van der Waals surface area contributed by atoms with E-state index in [1.54, 1.807) is 0 Å². The molecular weight excluding hydrogens is 450 g/mol. The SMILES string of the molecule is CCCCCCCCCCOc1ccc2cc(CN(Cc3ccccc3)Cc3ccccc3)ccc2c1. The molecule has 0 N–H and O–H groups in total. The second kappa shape index (κ2) is 15.2. The first-order valence-electron chi connectivity index (χ1n) is 14.3. The van der Waals surface area contributed by atoms with E-state index < -0.39 is 0 Å². The van der Waals surface area contributed by atoms with Crippen molar-refractivity contribution in [3.8, 4) is 5.75 Å². The first-order valence-corrected chi connectivity index (χ1v) is 14.3. The molecule has 0 unspecified atom stereocenters. The number of benzene rings is 4. The predicted molar refractivity (Wildman–Crippen MR) is 158 cm³/mol. The normalized spacial score (nSPS) is 11.3. The van der Waals surface area contributed by atoms with Crippen molar-refractivity contribution < 1.29 is 4.74 Å². The van der Waals surface area contributed by atoms with E-state index in [0.29, 0.717) is 0 Å². The summed E-state index contributed by atoms with van der Waals surface area (Å²) in [6.07, 6.45) is 10.6. The Morgan fingerprint density at radius 1 is 0.514 bits per heavy atom. The molecule has 0 saturated heterocycles. The summed E-state index contributed by atoms with van der Waals surface area (Å²) in [6.45, 7) is 5.86. The average molecular weight is 494 g/mol. The van der Waals surface area contributed by atoms with Crippen LogP contribution in [0.1, 0.15) is 75.0 Å². The highest BCUT2D eigenvalue weighted by molar-refractivity contribution is 5.84. The standard InChI is InChI=1S/C35H43NO/c1-2-3-4-5-6-7-8-15-24-37-35-23-22-33-25-32(20-21-34(33)26-35)29-36(27-30-16-11-9-12-17-30)28-31-18-13-10-14-19-31/h9-14,16-23,25-26H,2-8,15,24,27-29H2,1H3. The van der Waals surface area contributed by atoms with Crippen LogP contribution in [0.15, 0.2) is 97.1 Å². The zero-order valence-electron chi connectivity index (χ0n) is 22.6. The van der Waals surface area contributed by atoms with Gasteiger partial charge in [0.15, 0.2) is 0 Å². The van der Waals surface area contributed by atoms with Crippen LogP contribution in [0.5, 0.6) is 5.75 Å². The molecule has 4 aromatic rings. The fourth-order valence-electron chi connectivity index (χ4n) is 5.00. The third-order valence-corrected chi connectivity index (χ3v) is 7.05. The molecule has 37 heavy (non-hydrogen) atoms. The number of fused-ring (bicyclic) bond motifs is 1. The molecule has 2 heteroatoms. The number of nitrogens with zero attached hydrogens (tertiary/aromatic N) is 1. The quantitative estimate of drug-likeness (QED) is 0.144. The van der Waals surface area contributed by atoms with Gasteiger partial charge >= 0.3 is 0 Å². The van der Waals surface area contributed by atoms with Gasteiger partial charge in [-0.2, -0.15) is 0 Å². The summed E-state index contributed by atoms with van der Waals surface area (Å²) in [5.41, 5.74) is 4.03. The Morgan fingerprint density at radius 3 is 1.70 bits per heavy atom.